The second-order valence-electron chi connectivity index (χ2n) is 3.71. The molecule has 0 unspecified atom stereocenters. The predicted octanol–water partition coefficient (Wildman–Crippen LogP) is 7.92. The Morgan fingerprint density at radius 2 is 0.538 bits per heavy atom. The van der Waals surface area contributed by atoms with Crippen LogP contribution in [0.2, 0.25) is 0 Å². The van der Waals surface area contributed by atoms with Crippen molar-refractivity contribution in [2.24, 2.45) is 0 Å². The van der Waals surface area contributed by atoms with Gasteiger partial charge in [-0.1, -0.05) is 121 Å². The second kappa shape index (κ2) is 56.3. The minimum Gasteiger partial charge on any atom is -0.358 e. The van der Waals surface area contributed by atoms with E-state index in [2.05, 4.69) is 25.9 Å². The van der Waals surface area contributed by atoms with Crippen molar-refractivity contribution in [1.82, 2.24) is 4.90 Å². The topological polar surface area (TPSA) is 3.24 Å². The molecule has 0 saturated heterocycles. The molecule has 26 heavy (non-hydrogen) atoms. The number of benzene rings is 2. The standard InChI is InChI=1S/2C6H6.C4H11N.3C2H6.2CH3.Y/c2*1-2-4-6-5-3-1;1-4-5(2)3;3*1-2;;;/h2*1-6H;4H2,1-3H3;3*1-2H3;2*1H3;/q;;;;;;2*-1;. The molecule has 2 rings (SSSR count). The van der Waals surface area contributed by atoms with Crippen LogP contribution in [0, 0.1) is 14.9 Å². The van der Waals surface area contributed by atoms with E-state index in [0.717, 1.165) is 6.54 Å². The molecule has 0 atom stereocenters. The fourth-order valence-corrected chi connectivity index (χ4v) is 0.770. The number of nitrogens with zero attached hydrogens (tertiary/aromatic N) is 1. The first kappa shape index (κ1) is 44.7. The van der Waals surface area contributed by atoms with Gasteiger partial charge in [-0.25, -0.2) is 0 Å². The van der Waals surface area contributed by atoms with Gasteiger partial charge < -0.3 is 19.8 Å². The Morgan fingerprint density at radius 3 is 0.577 bits per heavy atom. The van der Waals surface area contributed by atoms with Crippen LogP contribution in [0.1, 0.15) is 48.5 Å². The summed E-state index contributed by atoms with van der Waals surface area (Å²) in [5.74, 6) is 0. The zero-order valence-corrected chi connectivity index (χ0v) is 22.5. The fourth-order valence-electron chi connectivity index (χ4n) is 0.770. The molecular weight excluding hydrogens is 391 g/mol. The smallest absolute Gasteiger partial charge is 0 e. The van der Waals surface area contributed by atoms with Crippen molar-refractivity contribution < 1.29 is 32.7 Å². The van der Waals surface area contributed by atoms with Gasteiger partial charge in [0.15, 0.2) is 0 Å². The average Bonchev–Trinajstić information content (AvgIpc) is 2.70. The molecule has 2 aromatic carbocycles. The van der Waals surface area contributed by atoms with Crippen molar-refractivity contribution in [2.45, 2.75) is 48.5 Å². The minimum absolute atomic E-state index is 0. The molecule has 1 nitrogen and oxygen atoms in total. The fraction of sp³-hybridized carbons (Fsp3) is 0.417. The van der Waals surface area contributed by atoms with Crippen molar-refractivity contribution in [1.29, 1.82) is 0 Å². The Hall–Kier alpha value is -0.496. The Labute approximate surface area is 193 Å². The van der Waals surface area contributed by atoms with Gasteiger partial charge in [-0.05, 0) is 20.6 Å². The summed E-state index contributed by atoms with van der Waals surface area (Å²) in [6.07, 6.45) is 0. The molecule has 0 amide bonds. The molecule has 0 aliphatic carbocycles. The normalized spacial score (nSPS) is 6.23. The van der Waals surface area contributed by atoms with E-state index >= 15 is 0 Å². The van der Waals surface area contributed by atoms with Crippen molar-refractivity contribution in [3.8, 4) is 0 Å². The van der Waals surface area contributed by atoms with Crippen molar-refractivity contribution >= 4 is 0 Å². The number of rotatable bonds is 1. The minimum atomic E-state index is 0. The second-order valence-corrected chi connectivity index (χ2v) is 3.71. The van der Waals surface area contributed by atoms with Gasteiger partial charge in [0.2, 0.25) is 0 Å². The van der Waals surface area contributed by atoms with E-state index in [4.69, 9.17) is 0 Å². The van der Waals surface area contributed by atoms with E-state index in [9.17, 15) is 0 Å². The molecule has 0 heterocycles. The first-order valence-electron chi connectivity index (χ1n) is 8.92. The first-order chi connectivity index (χ1) is 11.3. The van der Waals surface area contributed by atoms with Gasteiger partial charge in [-0.2, -0.15) is 0 Å². The maximum absolute atomic E-state index is 2.12. The van der Waals surface area contributed by atoms with E-state index in [0.29, 0.717) is 0 Å². The molecule has 0 fully saturated rings. The summed E-state index contributed by atoms with van der Waals surface area (Å²) in [6.45, 7) is 15.3. The number of hydrogen-bond acceptors (Lipinski definition) is 1. The van der Waals surface area contributed by atoms with Gasteiger partial charge in [0, 0.05) is 32.7 Å². The largest absolute Gasteiger partial charge is 0.358 e. The van der Waals surface area contributed by atoms with Crippen LogP contribution in [0.5, 0.6) is 0 Å². The first-order valence-corrected chi connectivity index (χ1v) is 8.92. The molecule has 0 N–H and O–H groups in total. The van der Waals surface area contributed by atoms with Gasteiger partial charge in [0.05, 0.1) is 0 Å². The SMILES string of the molecule is CC.CC.CC.CCN(C)C.[CH3-].[CH3-].[Y].c1ccccc1.c1ccccc1. The Balaban J connectivity index is -0.0000000348. The third-order valence-electron chi connectivity index (χ3n) is 1.97. The molecule has 0 aliphatic rings. The van der Waals surface area contributed by atoms with Crippen LogP contribution in [-0.2, 0) is 32.7 Å². The van der Waals surface area contributed by atoms with E-state index in [-0.39, 0.29) is 47.6 Å². The quantitative estimate of drug-likeness (QED) is 0.409. The summed E-state index contributed by atoms with van der Waals surface area (Å²) < 4.78 is 0. The Bertz CT molecular complexity index is 238. The Kier molecular flexibility index (Phi) is 96.9. The van der Waals surface area contributed by atoms with Crippen LogP contribution in [0.4, 0.5) is 0 Å². The zero-order valence-electron chi connectivity index (χ0n) is 19.7. The molecule has 0 aliphatic heterocycles. The van der Waals surface area contributed by atoms with Crippen LogP contribution in [-0.4, -0.2) is 25.5 Å². The van der Waals surface area contributed by atoms with Crippen LogP contribution in [0.25, 0.3) is 0 Å². The Morgan fingerprint density at radius 1 is 0.462 bits per heavy atom. The van der Waals surface area contributed by atoms with Crippen molar-refractivity contribution in [2.75, 3.05) is 20.6 Å². The van der Waals surface area contributed by atoms with Crippen LogP contribution in [0.3, 0.4) is 0 Å². The van der Waals surface area contributed by atoms with Crippen molar-refractivity contribution in [3.63, 3.8) is 0 Å². The summed E-state index contributed by atoms with van der Waals surface area (Å²) in [6, 6.07) is 24.0. The average molecular weight is 439 g/mol. The molecule has 0 aromatic heterocycles. The molecule has 2 aromatic rings. The van der Waals surface area contributed by atoms with Crippen LogP contribution in [0.15, 0.2) is 72.8 Å². The zero-order chi connectivity index (χ0) is 18.8. The van der Waals surface area contributed by atoms with Gasteiger partial charge >= 0.3 is 0 Å². The summed E-state index contributed by atoms with van der Waals surface area (Å²) in [4.78, 5) is 2.12. The van der Waals surface area contributed by atoms with Gasteiger partial charge in [0.25, 0.3) is 0 Å². The van der Waals surface area contributed by atoms with E-state index in [1.807, 2.05) is 114 Å². The van der Waals surface area contributed by atoms with Gasteiger partial charge in [0.1, 0.15) is 0 Å². The molecule has 2 heteroatoms. The van der Waals surface area contributed by atoms with Crippen molar-refractivity contribution in [3.05, 3.63) is 87.6 Å². The summed E-state index contributed by atoms with van der Waals surface area (Å²) in [5.41, 5.74) is 0. The monoisotopic (exact) mass is 438 g/mol. The molecular formula is C24H47NY-2. The third kappa shape index (κ3) is 65.3. The third-order valence-corrected chi connectivity index (χ3v) is 1.97. The van der Waals surface area contributed by atoms with Gasteiger partial charge in [-0.15, -0.1) is 0 Å². The van der Waals surface area contributed by atoms with Crippen LogP contribution >= 0.6 is 0 Å². The maximum atomic E-state index is 2.12. The molecule has 1 radical (unpaired) electrons. The van der Waals surface area contributed by atoms with E-state index in [1.165, 1.54) is 0 Å². The maximum Gasteiger partial charge on any atom is 0 e. The van der Waals surface area contributed by atoms with E-state index in [1.54, 1.807) is 0 Å². The molecule has 153 valence electrons. The van der Waals surface area contributed by atoms with Crippen LogP contribution < -0.4 is 0 Å². The van der Waals surface area contributed by atoms with Gasteiger partial charge in [-0.3, -0.25) is 0 Å². The molecule has 0 saturated carbocycles. The molecule has 0 spiro atoms. The summed E-state index contributed by atoms with van der Waals surface area (Å²) in [7, 11) is 4.11. The molecule has 0 bridgehead atoms. The number of hydrogen-bond donors (Lipinski definition) is 0. The summed E-state index contributed by atoms with van der Waals surface area (Å²) >= 11 is 0. The van der Waals surface area contributed by atoms with E-state index < -0.39 is 0 Å². The predicted molar refractivity (Wildman–Crippen MR) is 124 cm³/mol. The summed E-state index contributed by atoms with van der Waals surface area (Å²) in [5, 5.41) is 0.